The Kier molecular flexibility index (Phi) is 10.6. The van der Waals surface area contributed by atoms with Gasteiger partial charge in [-0.05, 0) is 63.1 Å². The molecule has 1 unspecified atom stereocenters. The third kappa shape index (κ3) is 8.06. The average Bonchev–Trinajstić information content (AvgIpc) is 3.83. The third-order valence-corrected chi connectivity index (χ3v) is 10.3. The first-order valence-corrected chi connectivity index (χ1v) is 18.1. The zero-order valence-electron chi connectivity index (χ0n) is 29.4. The Hall–Kier alpha value is -3.78. The van der Waals surface area contributed by atoms with Crippen LogP contribution in [0.2, 0.25) is 5.02 Å². The van der Waals surface area contributed by atoms with E-state index in [4.69, 9.17) is 35.6 Å². The van der Waals surface area contributed by atoms with E-state index in [2.05, 4.69) is 48.8 Å². The molecule has 2 aliphatic heterocycles. The normalized spacial score (nSPS) is 23.1. The van der Waals surface area contributed by atoms with E-state index in [1.54, 1.807) is 30.5 Å². The molecule has 3 fully saturated rings. The monoisotopic (exact) mass is 705 g/mol. The van der Waals surface area contributed by atoms with Gasteiger partial charge in [0.1, 0.15) is 30.2 Å². The van der Waals surface area contributed by atoms with Crippen LogP contribution in [0, 0.1) is 5.41 Å². The summed E-state index contributed by atoms with van der Waals surface area (Å²) in [5.41, 5.74) is 2.28. The van der Waals surface area contributed by atoms with Crippen LogP contribution in [0.1, 0.15) is 65.3 Å². The van der Waals surface area contributed by atoms with E-state index in [9.17, 15) is 0 Å². The summed E-state index contributed by atoms with van der Waals surface area (Å²) in [5.74, 6) is 1.57. The van der Waals surface area contributed by atoms with Crippen LogP contribution in [0.3, 0.4) is 0 Å². The molecule has 5 heterocycles. The zero-order valence-corrected chi connectivity index (χ0v) is 30.1. The van der Waals surface area contributed by atoms with Crippen molar-refractivity contribution in [2.75, 3.05) is 38.9 Å². The Balaban J connectivity index is 1.04. The van der Waals surface area contributed by atoms with Crippen LogP contribution in [0.5, 0.6) is 11.6 Å². The highest BCUT2D eigenvalue weighted by Gasteiger charge is 2.42. The molecule has 1 saturated carbocycles. The summed E-state index contributed by atoms with van der Waals surface area (Å²) < 4.78 is 27.6. The van der Waals surface area contributed by atoms with Gasteiger partial charge >= 0.3 is 0 Å². The summed E-state index contributed by atoms with van der Waals surface area (Å²) in [6.07, 6.45) is 15.6. The largest absolute Gasteiger partial charge is 0.487 e. The minimum atomic E-state index is -0.182. The zero-order chi connectivity index (χ0) is 34.7. The number of morpholine rings is 1. The smallest absolute Gasteiger partial charge is 0.256 e. The van der Waals surface area contributed by atoms with Crippen molar-refractivity contribution in [3.8, 4) is 22.8 Å². The minimum Gasteiger partial charge on any atom is -0.487 e. The molecule has 0 amide bonds. The molecule has 7 rings (SSSR count). The maximum atomic E-state index is 6.49. The van der Waals surface area contributed by atoms with Crippen LogP contribution in [0.4, 0.5) is 11.6 Å². The Morgan fingerprint density at radius 2 is 1.70 bits per heavy atom. The molecule has 13 nitrogen and oxygen atoms in total. The molecule has 0 spiro atoms. The Morgan fingerprint density at radius 3 is 2.40 bits per heavy atom. The van der Waals surface area contributed by atoms with Gasteiger partial charge in [0, 0.05) is 48.6 Å². The molecule has 0 radical (unpaired) electrons. The number of nitrogens with one attached hydrogen (secondary N) is 1. The highest BCUT2D eigenvalue weighted by Crippen LogP contribution is 2.40. The van der Waals surface area contributed by atoms with Crippen LogP contribution in [-0.2, 0) is 16.0 Å². The number of fused-ring (bicyclic) bond motifs is 2. The van der Waals surface area contributed by atoms with Crippen molar-refractivity contribution < 1.29 is 18.9 Å². The van der Waals surface area contributed by atoms with Crippen molar-refractivity contribution in [1.29, 1.82) is 0 Å². The van der Waals surface area contributed by atoms with E-state index in [1.165, 1.54) is 32.0 Å². The summed E-state index contributed by atoms with van der Waals surface area (Å²) in [6.45, 7) is 9.55. The lowest BCUT2D eigenvalue weighted by Crippen LogP contribution is -2.52. The van der Waals surface area contributed by atoms with Gasteiger partial charge in [0.05, 0.1) is 50.2 Å². The van der Waals surface area contributed by atoms with Gasteiger partial charge in [-0.2, -0.15) is 5.10 Å². The molecular formula is C36H48ClN9O4. The lowest BCUT2D eigenvalue weighted by atomic mass is 9.89. The number of aromatic nitrogens is 7. The van der Waals surface area contributed by atoms with Gasteiger partial charge in [-0.3, -0.25) is 9.58 Å². The van der Waals surface area contributed by atoms with Crippen LogP contribution >= 0.6 is 11.6 Å². The molecule has 2 bridgehead atoms. The first-order chi connectivity index (χ1) is 24.2. The fraction of sp³-hybridized carbons (Fsp3) is 0.583. The molecule has 14 heteroatoms. The standard InChI is InChI=1S/C36H48ClN9O4/c1-24(16-44-23-38-22-41-44)50-33-13-25(5-12-31(33)37)26-14-39-35(40-15-26)42-32-17-45(43-34(32)49-21-36(2,3)20-47-4)27-6-8-28(9-7-27)46-29-10-11-30(46)19-48-18-29/h5,12-15,17,22-24,27-30H,6-11,16,18-21H2,1-4H3,(H,39,40,42)/t24?,27?,28?,29-,30+. The summed E-state index contributed by atoms with van der Waals surface area (Å²) >= 11 is 6.49. The molecule has 50 heavy (non-hydrogen) atoms. The third-order valence-electron chi connectivity index (χ3n) is 9.99. The number of benzene rings is 1. The van der Waals surface area contributed by atoms with Gasteiger partial charge in [-0.15, -0.1) is 5.10 Å². The minimum absolute atomic E-state index is 0.167. The van der Waals surface area contributed by atoms with Gasteiger partial charge in [0.15, 0.2) is 0 Å². The fourth-order valence-electron chi connectivity index (χ4n) is 7.61. The second-order valence-electron chi connectivity index (χ2n) is 14.7. The van der Waals surface area contributed by atoms with Crippen molar-refractivity contribution in [2.24, 2.45) is 5.41 Å². The van der Waals surface area contributed by atoms with Gasteiger partial charge in [-0.1, -0.05) is 31.5 Å². The lowest BCUT2D eigenvalue weighted by molar-refractivity contribution is -0.0458. The highest BCUT2D eigenvalue weighted by atomic mass is 35.5. The molecule has 3 aromatic heterocycles. The van der Waals surface area contributed by atoms with Crippen molar-refractivity contribution in [3.05, 3.63) is 54.5 Å². The number of halogens is 1. The number of anilines is 2. The molecule has 4 aromatic rings. The molecule has 1 aliphatic carbocycles. The SMILES string of the molecule is COCC(C)(C)COc1nn(C2CCC(N3[C@@H]4CC[C@H]3COC4)CC2)cc1Nc1ncc(-c2ccc(Cl)c(OC(C)Cn3cncn3)c2)cn1. The van der Waals surface area contributed by atoms with E-state index >= 15 is 0 Å². The number of hydrogen-bond donors (Lipinski definition) is 1. The summed E-state index contributed by atoms with van der Waals surface area (Å²) in [5, 5.41) is 13.0. The molecule has 1 aromatic carbocycles. The van der Waals surface area contributed by atoms with Gasteiger partial charge in [0.25, 0.3) is 5.88 Å². The second kappa shape index (κ2) is 15.2. The van der Waals surface area contributed by atoms with Crippen molar-refractivity contribution in [1.82, 2.24) is 39.4 Å². The van der Waals surface area contributed by atoms with Crippen LogP contribution in [-0.4, -0.2) is 97.2 Å². The quantitative estimate of drug-likeness (QED) is 0.161. The van der Waals surface area contributed by atoms with Crippen LogP contribution < -0.4 is 14.8 Å². The van der Waals surface area contributed by atoms with Crippen LogP contribution in [0.25, 0.3) is 11.1 Å². The molecular weight excluding hydrogens is 658 g/mol. The van der Waals surface area contributed by atoms with Crippen molar-refractivity contribution >= 4 is 23.2 Å². The molecule has 3 aliphatic rings. The molecule has 3 atom stereocenters. The van der Waals surface area contributed by atoms with E-state index in [-0.39, 0.29) is 11.5 Å². The number of nitrogens with zero attached hydrogens (tertiary/aromatic N) is 8. The highest BCUT2D eigenvalue weighted by molar-refractivity contribution is 6.32. The summed E-state index contributed by atoms with van der Waals surface area (Å²) in [6, 6.07) is 7.77. The number of rotatable bonds is 14. The van der Waals surface area contributed by atoms with Crippen molar-refractivity contribution in [3.63, 3.8) is 0 Å². The maximum Gasteiger partial charge on any atom is 0.256 e. The van der Waals surface area contributed by atoms with Crippen LogP contribution in [0.15, 0.2) is 49.4 Å². The molecule has 268 valence electrons. The van der Waals surface area contributed by atoms with E-state index in [1.807, 2.05) is 31.3 Å². The first-order valence-electron chi connectivity index (χ1n) is 17.7. The average molecular weight is 706 g/mol. The Bertz CT molecular complexity index is 1680. The number of hydrogen-bond acceptors (Lipinski definition) is 11. The lowest BCUT2D eigenvalue weighted by Gasteiger charge is -2.43. The fourth-order valence-corrected chi connectivity index (χ4v) is 7.77. The van der Waals surface area contributed by atoms with E-state index in [0.717, 1.165) is 42.9 Å². The number of methoxy groups -OCH3 is 1. The second-order valence-corrected chi connectivity index (χ2v) is 15.1. The van der Waals surface area contributed by atoms with E-state index in [0.29, 0.717) is 66.5 Å². The van der Waals surface area contributed by atoms with Gasteiger partial charge in [0.2, 0.25) is 5.95 Å². The predicted octanol–water partition coefficient (Wildman–Crippen LogP) is 6.19. The first kappa shape index (κ1) is 34.7. The van der Waals surface area contributed by atoms with Gasteiger partial charge < -0.3 is 24.3 Å². The number of ether oxygens (including phenoxy) is 4. The predicted molar refractivity (Wildman–Crippen MR) is 190 cm³/mol. The molecule has 2 saturated heterocycles. The van der Waals surface area contributed by atoms with Gasteiger partial charge in [-0.25, -0.2) is 19.6 Å². The van der Waals surface area contributed by atoms with E-state index < -0.39 is 0 Å². The summed E-state index contributed by atoms with van der Waals surface area (Å²) in [7, 11) is 1.71. The van der Waals surface area contributed by atoms with Crippen molar-refractivity contribution in [2.45, 2.75) is 96.1 Å². The topological polar surface area (TPSA) is 127 Å². The summed E-state index contributed by atoms with van der Waals surface area (Å²) in [4.78, 5) is 16.1. The molecule has 1 N–H and O–H groups in total. The Morgan fingerprint density at radius 1 is 0.980 bits per heavy atom. The Labute approximate surface area is 298 Å². The maximum absolute atomic E-state index is 6.49.